The van der Waals surface area contributed by atoms with Gasteiger partial charge in [0.15, 0.2) is 40.7 Å². The van der Waals surface area contributed by atoms with E-state index >= 15 is 4.39 Å². The van der Waals surface area contributed by atoms with E-state index in [9.17, 15) is 14.8 Å². The number of para-hydroxylation sites is 2. The Kier molecular flexibility index (Phi) is 8.13. The number of ether oxygens (including phenoxy) is 3. The van der Waals surface area contributed by atoms with Crippen molar-refractivity contribution in [2.24, 2.45) is 4.74 Å². The van der Waals surface area contributed by atoms with Gasteiger partial charge in [0.05, 0.1) is 13.4 Å². The van der Waals surface area contributed by atoms with Crippen LogP contribution >= 0.6 is 8.17 Å². The molecule has 1 aliphatic heterocycles. The molecule has 0 radical (unpaired) electrons. The van der Waals surface area contributed by atoms with E-state index in [1.807, 2.05) is 0 Å². The first-order valence-corrected chi connectivity index (χ1v) is 13.9. The van der Waals surface area contributed by atoms with Crippen molar-refractivity contribution in [1.29, 1.82) is 0 Å². The minimum atomic E-state index is -2.62. The number of esters is 1. The van der Waals surface area contributed by atoms with Crippen LogP contribution < -0.4 is 19.5 Å². The average Bonchev–Trinajstić information content (AvgIpc) is 3.43. The molecule has 2 fully saturated rings. The van der Waals surface area contributed by atoms with Gasteiger partial charge < -0.3 is 29.5 Å². The Bertz CT molecular complexity index is 1400. The molecule has 3 heterocycles. The number of imidazole rings is 1. The Morgan fingerprint density at radius 1 is 1.35 bits per heavy atom. The molecule has 0 spiro atoms. The molecule has 2 aromatic heterocycles. The van der Waals surface area contributed by atoms with E-state index in [-0.39, 0.29) is 18.1 Å². The van der Waals surface area contributed by atoms with Crippen LogP contribution in [0.1, 0.15) is 39.3 Å². The van der Waals surface area contributed by atoms with Crippen LogP contribution in [-0.2, 0) is 14.3 Å². The number of benzene rings is 1. The number of hydrogen-bond donors (Lipinski definition) is 2. The van der Waals surface area contributed by atoms with Crippen molar-refractivity contribution < 1.29 is 37.9 Å². The molecule has 1 saturated carbocycles. The molecule has 5 rings (SSSR count). The second-order valence-corrected chi connectivity index (χ2v) is 10.7. The van der Waals surface area contributed by atoms with E-state index in [4.69, 9.17) is 14.0 Å². The van der Waals surface area contributed by atoms with Gasteiger partial charge in [0.2, 0.25) is 5.75 Å². The molecule has 40 heavy (non-hydrogen) atoms. The highest BCUT2D eigenvalue weighted by Gasteiger charge is 2.55. The summed E-state index contributed by atoms with van der Waals surface area (Å²) in [5.41, 5.74) is -1.36. The van der Waals surface area contributed by atoms with Crippen molar-refractivity contribution in [3.63, 3.8) is 0 Å². The number of alkyl halides is 1. The minimum absolute atomic E-state index is 0.0836. The van der Waals surface area contributed by atoms with Crippen LogP contribution in [0.3, 0.4) is 0 Å². The van der Waals surface area contributed by atoms with E-state index in [2.05, 4.69) is 29.8 Å². The number of aliphatic hydroxyl groups is 1. The first kappa shape index (κ1) is 28.1. The molecule has 0 bridgehead atoms. The Morgan fingerprint density at radius 3 is 2.80 bits per heavy atom. The standard InChI is InChI=1S/C25H30FN6O7P/c1-14(23(34)36-3)31-40(35)39-17-10-5-4-9-16(17)37-11-18-20(33)25(2,26)24(38-18)32-13-29-19-21(27-12-28-22(19)32)30-15-7-6-8-15/h4-5,9-10,12-15,18,20,24,33H,6-8,11H2,1-3H3,(H,27,28,30)/t14-,18+,20+,24+,25+/m0/s1. The van der Waals surface area contributed by atoms with Gasteiger partial charge in [-0.2, -0.15) is 0 Å². The summed E-state index contributed by atoms with van der Waals surface area (Å²) in [4.78, 5) is 36.9. The summed E-state index contributed by atoms with van der Waals surface area (Å²) in [6, 6.07) is 5.66. The number of carbonyl (C=O) groups is 1. The third-order valence-electron chi connectivity index (χ3n) is 7.01. The summed E-state index contributed by atoms with van der Waals surface area (Å²) < 4.78 is 42.8. The fraction of sp³-hybridized carbons (Fsp3) is 0.520. The second kappa shape index (κ2) is 11.6. The number of carbonyl (C=O) groups excluding carboxylic acids is 1. The molecule has 214 valence electrons. The highest BCUT2D eigenvalue weighted by atomic mass is 31.1. The van der Waals surface area contributed by atoms with Gasteiger partial charge in [-0.1, -0.05) is 16.9 Å². The lowest BCUT2D eigenvalue weighted by Crippen LogP contribution is -2.41. The topological polar surface area (TPSA) is 165 Å². The normalized spacial score (nSPS) is 25.9. The zero-order chi connectivity index (χ0) is 28.4. The molecule has 1 unspecified atom stereocenters. The van der Waals surface area contributed by atoms with Crippen LogP contribution in [0.25, 0.3) is 11.2 Å². The van der Waals surface area contributed by atoms with Gasteiger partial charge in [-0.25, -0.2) is 24.1 Å². The monoisotopic (exact) mass is 576 g/mol. The molecular weight excluding hydrogens is 546 g/mol. The third-order valence-corrected chi connectivity index (χ3v) is 7.90. The van der Waals surface area contributed by atoms with E-state index in [0.717, 1.165) is 19.3 Å². The predicted octanol–water partition coefficient (Wildman–Crippen LogP) is 2.65. The van der Waals surface area contributed by atoms with Gasteiger partial charge in [-0.3, -0.25) is 9.09 Å². The van der Waals surface area contributed by atoms with Crippen LogP contribution in [0, 0.1) is 0 Å². The van der Waals surface area contributed by atoms with Crippen LogP contribution in [0.4, 0.5) is 10.2 Å². The van der Waals surface area contributed by atoms with Gasteiger partial charge in [0.25, 0.3) is 0 Å². The highest BCUT2D eigenvalue weighted by molar-refractivity contribution is 7.34. The van der Waals surface area contributed by atoms with Crippen LogP contribution in [-0.4, -0.2) is 74.3 Å². The molecule has 13 nitrogen and oxygen atoms in total. The number of nitrogens with zero attached hydrogens (tertiary/aromatic N) is 5. The van der Waals surface area contributed by atoms with Crippen LogP contribution in [0.5, 0.6) is 11.5 Å². The first-order valence-electron chi connectivity index (χ1n) is 12.8. The van der Waals surface area contributed by atoms with Crippen molar-refractivity contribution in [3.8, 4) is 11.5 Å². The van der Waals surface area contributed by atoms with Gasteiger partial charge in [-0.15, -0.1) is 0 Å². The van der Waals surface area contributed by atoms with E-state index in [1.165, 1.54) is 44.2 Å². The molecule has 6 atom stereocenters. The zero-order valence-electron chi connectivity index (χ0n) is 22.1. The summed E-state index contributed by atoms with van der Waals surface area (Å²) in [5, 5.41) is 14.2. The molecule has 0 amide bonds. The number of methoxy groups -OCH3 is 1. The number of halogens is 1. The number of aliphatic hydroxyl groups excluding tert-OH is 1. The minimum Gasteiger partial charge on any atom is -0.575 e. The Morgan fingerprint density at radius 2 is 2.10 bits per heavy atom. The maximum absolute atomic E-state index is 15.9. The molecule has 1 aliphatic carbocycles. The first-order chi connectivity index (χ1) is 19.2. The number of hydrogen-bond acceptors (Lipinski definition) is 12. The number of aromatic nitrogens is 4. The predicted molar refractivity (Wildman–Crippen MR) is 139 cm³/mol. The molecule has 2 aliphatic rings. The summed E-state index contributed by atoms with van der Waals surface area (Å²) in [7, 11) is -1.43. The van der Waals surface area contributed by atoms with Gasteiger partial charge in [-0.05, 0) is 45.2 Å². The van der Waals surface area contributed by atoms with Crippen LogP contribution in [0.2, 0.25) is 0 Å². The SMILES string of the molecule is COC(=O)[C@H](C)N=[P+]([O-])Oc1ccccc1OC[C@H]1O[C@@H](n2cnc3c(NC4CCC4)ncnc32)[C@](C)(F)[C@@H]1O. The number of rotatable bonds is 10. The summed E-state index contributed by atoms with van der Waals surface area (Å²) >= 11 is 0. The highest BCUT2D eigenvalue weighted by Crippen LogP contribution is 2.43. The lowest BCUT2D eigenvalue weighted by molar-refractivity contribution is -0.169. The molecule has 3 aromatic rings. The maximum Gasteiger partial charge on any atom is 0.395 e. The quantitative estimate of drug-likeness (QED) is 0.269. The largest absolute Gasteiger partial charge is 0.575 e. The van der Waals surface area contributed by atoms with Crippen molar-refractivity contribution >= 4 is 31.1 Å². The number of fused-ring (bicyclic) bond motifs is 1. The van der Waals surface area contributed by atoms with Crippen molar-refractivity contribution in [1.82, 2.24) is 19.5 Å². The van der Waals surface area contributed by atoms with Gasteiger partial charge in [0, 0.05) is 6.04 Å². The van der Waals surface area contributed by atoms with Gasteiger partial charge in [0.1, 0.15) is 25.1 Å². The Balaban J connectivity index is 1.30. The fourth-order valence-corrected chi connectivity index (χ4v) is 5.25. The zero-order valence-corrected chi connectivity index (χ0v) is 23.0. The molecule has 1 saturated heterocycles. The summed E-state index contributed by atoms with van der Waals surface area (Å²) in [6.45, 7) is 2.42. The lowest BCUT2D eigenvalue weighted by Gasteiger charge is -2.27. The van der Waals surface area contributed by atoms with Gasteiger partial charge >= 0.3 is 14.1 Å². The number of nitrogens with one attached hydrogen (secondary N) is 1. The molecule has 2 N–H and O–H groups in total. The van der Waals surface area contributed by atoms with Crippen molar-refractivity contribution in [3.05, 3.63) is 36.9 Å². The Labute approximate surface area is 230 Å². The smallest absolute Gasteiger partial charge is 0.395 e. The Hall–Kier alpha value is -3.45. The molecular formula is C25H30FN6O7P. The van der Waals surface area contributed by atoms with Crippen molar-refractivity contribution in [2.45, 2.75) is 69.3 Å². The molecule has 1 aromatic carbocycles. The fourth-order valence-electron chi connectivity index (χ4n) is 4.51. The summed E-state index contributed by atoms with van der Waals surface area (Å²) in [5.74, 6) is 0.158. The van der Waals surface area contributed by atoms with Crippen LogP contribution in [0.15, 0.2) is 41.7 Å². The average molecular weight is 577 g/mol. The third kappa shape index (κ3) is 5.57. The summed E-state index contributed by atoms with van der Waals surface area (Å²) in [6.07, 6.45) is 2.16. The van der Waals surface area contributed by atoms with E-state index in [0.29, 0.717) is 23.0 Å². The van der Waals surface area contributed by atoms with E-state index < -0.39 is 44.3 Å². The lowest BCUT2D eigenvalue weighted by atomic mass is 9.93. The number of anilines is 1. The molecule has 15 heteroatoms. The van der Waals surface area contributed by atoms with Crippen molar-refractivity contribution in [2.75, 3.05) is 19.0 Å². The van der Waals surface area contributed by atoms with E-state index in [1.54, 1.807) is 18.2 Å². The maximum atomic E-state index is 15.9. The second-order valence-electron chi connectivity index (χ2n) is 9.84.